The molecular weight excluding hydrogens is 256 g/mol. The van der Waals surface area contributed by atoms with Crippen molar-refractivity contribution < 1.29 is 5.11 Å². The van der Waals surface area contributed by atoms with Crippen LogP contribution in [0.4, 0.5) is 0 Å². The highest BCUT2D eigenvalue weighted by atomic mass is 16.3. The smallest absolute Gasteiger partial charge is 0.0795 e. The molecule has 0 bridgehead atoms. The van der Waals surface area contributed by atoms with Gasteiger partial charge in [-0.15, -0.1) is 0 Å². The summed E-state index contributed by atoms with van der Waals surface area (Å²) in [5, 5.41) is 10.6. The summed E-state index contributed by atoms with van der Waals surface area (Å²) < 4.78 is 0. The number of aliphatic hydroxyl groups excluding tert-OH is 1. The lowest BCUT2D eigenvalue weighted by Gasteiger charge is -2.22. The van der Waals surface area contributed by atoms with E-state index in [-0.39, 0.29) is 6.10 Å². The number of hydrogen-bond acceptors (Lipinski definition) is 1. The van der Waals surface area contributed by atoms with E-state index in [1.807, 2.05) is 0 Å². The zero-order valence-electron chi connectivity index (χ0n) is 15.0. The molecule has 0 heterocycles. The number of hydrogen-bond donors (Lipinski definition) is 1. The summed E-state index contributed by atoms with van der Waals surface area (Å²) >= 11 is 0. The Kier molecular flexibility index (Phi) is 7.45. The predicted octanol–water partition coefficient (Wildman–Crippen LogP) is 6.01. The molecule has 1 heteroatoms. The van der Waals surface area contributed by atoms with Crippen molar-refractivity contribution in [1.29, 1.82) is 0 Å². The summed E-state index contributed by atoms with van der Waals surface area (Å²) in [4.78, 5) is 0. The van der Waals surface area contributed by atoms with Gasteiger partial charge in [0.05, 0.1) is 6.10 Å². The molecule has 1 atom stereocenters. The zero-order chi connectivity index (χ0) is 16.0. The van der Waals surface area contributed by atoms with Crippen molar-refractivity contribution in [3.8, 4) is 0 Å². The van der Waals surface area contributed by atoms with Gasteiger partial charge in [-0.25, -0.2) is 0 Å². The second kappa shape index (κ2) is 8.58. The number of aliphatic hydroxyl groups is 1. The number of rotatable bonds is 8. The van der Waals surface area contributed by atoms with Crippen LogP contribution in [0.5, 0.6) is 0 Å². The SMILES string of the molecule is CCCCCCCCC(O)c1c(C)c(C)c(C)c(C)c1C. The Balaban J connectivity index is 2.68. The normalized spacial score (nSPS) is 12.7. The van der Waals surface area contributed by atoms with Crippen molar-refractivity contribution in [2.45, 2.75) is 92.6 Å². The molecule has 0 fully saturated rings. The molecule has 0 saturated carbocycles. The van der Waals surface area contributed by atoms with E-state index in [9.17, 15) is 5.11 Å². The Morgan fingerprint density at radius 3 is 1.62 bits per heavy atom. The third kappa shape index (κ3) is 4.57. The average molecular weight is 290 g/mol. The molecule has 0 aliphatic carbocycles. The fraction of sp³-hybridized carbons (Fsp3) is 0.700. The zero-order valence-corrected chi connectivity index (χ0v) is 15.0. The minimum Gasteiger partial charge on any atom is -0.388 e. The van der Waals surface area contributed by atoms with Crippen LogP contribution in [0, 0.1) is 34.6 Å². The topological polar surface area (TPSA) is 20.2 Å². The largest absolute Gasteiger partial charge is 0.388 e. The lowest BCUT2D eigenvalue weighted by Crippen LogP contribution is -2.08. The molecule has 120 valence electrons. The van der Waals surface area contributed by atoms with Crippen LogP contribution in [0.2, 0.25) is 0 Å². The maximum atomic E-state index is 10.6. The molecule has 21 heavy (non-hydrogen) atoms. The summed E-state index contributed by atoms with van der Waals surface area (Å²) in [6.45, 7) is 13.1. The van der Waals surface area contributed by atoms with E-state index < -0.39 is 0 Å². The van der Waals surface area contributed by atoms with Crippen molar-refractivity contribution in [3.63, 3.8) is 0 Å². The Labute approximate surface area is 131 Å². The molecule has 1 aromatic rings. The summed E-state index contributed by atoms with van der Waals surface area (Å²) in [7, 11) is 0. The second-order valence-electron chi connectivity index (χ2n) is 6.61. The summed E-state index contributed by atoms with van der Waals surface area (Å²) in [5.41, 5.74) is 7.82. The molecule has 0 aliphatic rings. The van der Waals surface area contributed by atoms with Gasteiger partial charge in [-0.05, 0) is 74.4 Å². The lowest BCUT2D eigenvalue weighted by atomic mass is 9.86. The molecule has 0 saturated heterocycles. The van der Waals surface area contributed by atoms with Gasteiger partial charge in [0, 0.05) is 0 Å². The summed E-state index contributed by atoms with van der Waals surface area (Å²) in [5.74, 6) is 0. The van der Waals surface area contributed by atoms with Gasteiger partial charge in [-0.1, -0.05) is 45.4 Å². The first-order chi connectivity index (χ1) is 9.91. The molecule has 0 aliphatic heterocycles. The van der Waals surface area contributed by atoms with E-state index >= 15 is 0 Å². The molecule has 0 amide bonds. The van der Waals surface area contributed by atoms with Crippen molar-refractivity contribution in [2.24, 2.45) is 0 Å². The van der Waals surface area contributed by atoms with Gasteiger partial charge >= 0.3 is 0 Å². The minimum absolute atomic E-state index is 0.297. The fourth-order valence-electron chi connectivity index (χ4n) is 3.29. The van der Waals surface area contributed by atoms with Crippen LogP contribution in [0.1, 0.15) is 91.4 Å². The van der Waals surface area contributed by atoms with Crippen LogP contribution in [-0.4, -0.2) is 5.11 Å². The highest BCUT2D eigenvalue weighted by molar-refractivity contribution is 5.50. The first kappa shape index (κ1) is 18.2. The highest BCUT2D eigenvalue weighted by Crippen LogP contribution is 2.32. The molecule has 0 aromatic heterocycles. The minimum atomic E-state index is -0.297. The van der Waals surface area contributed by atoms with E-state index in [2.05, 4.69) is 41.5 Å². The first-order valence-corrected chi connectivity index (χ1v) is 8.66. The van der Waals surface area contributed by atoms with E-state index in [1.54, 1.807) is 0 Å². The van der Waals surface area contributed by atoms with Gasteiger partial charge in [-0.2, -0.15) is 0 Å². The summed E-state index contributed by atoms with van der Waals surface area (Å²) in [6.07, 6.45) is 8.27. The standard InChI is InChI=1S/C20H34O/c1-7-8-9-10-11-12-13-19(21)20-17(5)15(3)14(2)16(4)18(20)6/h19,21H,7-13H2,1-6H3. The average Bonchev–Trinajstić information content (AvgIpc) is 2.47. The molecule has 0 spiro atoms. The molecule has 1 nitrogen and oxygen atoms in total. The number of unbranched alkanes of at least 4 members (excludes halogenated alkanes) is 5. The second-order valence-corrected chi connectivity index (χ2v) is 6.61. The maximum absolute atomic E-state index is 10.6. The third-order valence-electron chi connectivity index (χ3n) is 5.22. The van der Waals surface area contributed by atoms with Crippen molar-refractivity contribution in [1.82, 2.24) is 0 Å². The van der Waals surface area contributed by atoms with Crippen molar-refractivity contribution in [2.75, 3.05) is 0 Å². The van der Waals surface area contributed by atoms with E-state index in [1.165, 1.54) is 65.5 Å². The Morgan fingerprint density at radius 2 is 1.10 bits per heavy atom. The fourth-order valence-corrected chi connectivity index (χ4v) is 3.29. The monoisotopic (exact) mass is 290 g/mol. The van der Waals surface area contributed by atoms with Crippen LogP contribution >= 0.6 is 0 Å². The van der Waals surface area contributed by atoms with Gasteiger partial charge in [-0.3, -0.25) is 0 Å². The summed E-state index contributed by atoms with van der Waals surface area (Å²) in [6, 6.07) is 0. The molecular formula is C20H34O. The molecule has 1 aromatic carbocycles. The quantitative estimate of drug-likeness (QED) is 0.581. The number of benzene rings is 1. The first-order valence-electron chi connectivity index (χ1n) is 8.66. The molecule has 1 unspecified atom stereocenters. The Bertz CT molecular complexity index is 430. The predicted molar refractivity (Wildman–Crippen MR) is 93.1 cm³/mol. The van der Waals surface area contributed by atoms with Crippen molar-refractivity contribution in [3.05, 3.63) is 33.4 Å². The van der Waals surface area contributed by atoms with Crippen LogP contribution in [-0.2, 0) is 0 Å². The van der Waals surface area contributed by atoms with Crippen molar-refractivity contribution >= 4 is 0 Å². The van der Waals surface area contributed by atoms with Crippen LogP contribution in [0.3, 0.4) is 0 Å². The van der Waals surface area contributed by atoms with Gasteiger partial charge in [0.2, 0.25) is 0 Å². The lowest BCUT2D eigenvalue weighted by molar-refractivity contribution is 0.161. The highest BCUT2D eigenvalue weighted by Gasteiger charge is 2.18. The molecule has 0 radical (unpaired) electrons. The molecule has 1 rings (SSSR count). The van der Waals surface area contributed by atoms with E-state index in [0.29, 0.717) is 0 Å². The third-order valence-corrected chi connectivity index (χ3v) is 5.22. The van der Waals surface area contributed by atoms with Gasteiger partial charge in [0.15, 0.2) is 0 Å². The van der Waals surface area contributed by atoms with Crippen LogP contribution in [0.15, 0.2) is 0 Å². The van der Waals surface area contributed by atoms with Gasteiger partial charge in [0.1, 0.15) is 0 Å². The van der Waals surface area contributed by atoms with E-state index in [0.717, 1.165) is 12.8 Å². The van der Waals surface area contributed by atoms with Crippen LogP contribution < -0.4 is 0 Å². The Morgan fingerprint density at radius 1 is 0.667 bits per heavy atom. The van der Waals surface area contributed by atoms with E-state index in [4.69, 9.17) is 0 Å². The molecule has 1 N–H and O–H groups in total. The Hall–Kier alpha value is -0.820. The van der Waals surface area contributed by atoms with Gasteiger partial charge < -0.3 is 5.11 Å². The van der Waals surface area contributed by atoms with Crippen LogP contribution in [0.25, 0.3) is 0 Å². The maximum Gasteiger partial charge on any atom is 0.0795 e. The van der Waals surface area contributed by atoms with Gasteiger partial charge in [0.25, 0.3) is 0 Å².